The van der Waals surface area contributed by atoms with Crippen molar-refractivity contribution in [3.63, 3.8) is 0 Å². The van der Waals surface area contributed by atoms with Gasteiger partial charge in [-0.05, 0) is 40.4 Å². The second-order valence-electron chi connectivity index (χ2n) is 5.24. The van der Waals surface area contributed by atoms with E-state index in [1.54, 1.807) is 0 Å². The molecule has 0 spiro atoms. The summed E-state index contributed by atoms with van der Waals surface area (Å²) in [5, 5.41) is 9.84. The second-order valence-corrected chi connectivity index (χ2v) is 5.24. The Balaban J connectivity index is 1.92. The number of aromatic nitrogens is 2. The molecule has 0 aromatic carbocycles. The maximum atomic E-state index is 11.9. The minimum Gasteiger partial charge on any atom is -0.345 e. The van der Waals surface area contributed by atoms with Crippen LogP contribution in [0.2, 0.25) is 0 Å². The Bertz CT molecular complexity index is 426. The van der Waals surface area contributed by atoms with Crippen molar-refractivity contribution in [2.24, 2.45) is 0 Å². The van der Waals surface area contributed by atoms with Crippen LogP contribution in [-0.4, -0.2) is 54.2 Å². The summed E-state index contributed by atoms with van der Waals surface area (Å²) >= 11 is 0. The van der Waals surface area contributed by atoms with Crippen LogP contribution in [0, 0.1) is 0 Å². The van der Waals surface area contributed by atoms with Gasteiger partial charge in [0.2, 0.25) is 5.89 Å². The highest BCUT2D eigenvalue weighted by Crippen LogP contribution is 2.20. The van der Waals surface area contributed by atoms with E-state index in [-0.39, 0.29) is 23.8 Å². The van der Waals surface area contributed by atoms with Crippen molar-refractivity contribution in [2.45, 2.75) is 31.8 Å². The Morgan fingerprint density at radius 3 is 3.05 bits per heavy atom. The fraction of sp³-hybridized carbons (Fsp3) is 0.750. The Labute approximate surface area is 112 Å². The summed E-state index contributed by atoms with van der Waals surface area (Å²) < 4.78 is 5.14. The van der Waals surface area contributed by atoms with E-state index in [1.165, 1.54) is 0 Å². The van der Waals surface area contributed by atoms with Crippen molar-refractivity contribution in [3.05, 3.63) is 11.7 Å². The van der Waals surface area contributed by atoms with E-state index in [9.17, 15) is 4.79 Å². The minimum atomic E-state index is -0.289. The summed E-state index contributed by atoms with van der Waals surface area (Å²) in [6, 6.07) is 0.127. The Morgan fingerprint density at radius 2 is 2.42 bits per heavy atom. The summed E-state index contributed by atoms with van der Waals surface area (Å²) in [6.07, 6.45) is 2.06. The number of carbonyl (C=O) groups excluding carboxylic acids is 1. The lowest BCUT2D eigenvalue weighted by Crippen LogP contribution is -2.39. The van der Waals surface area contributed by atoms with Crippen molar-refractivity contribution in [1.29, 1.82) is 0 Å². The number of hydrogen-bond donors (Lipinski definition) is 2. The lowest BCUT2D eigenvalue weighted by Gasteiger charge is -2.17. The molecular weight excluding hydrogens is 246 g/mol. The van der Waals surface area contributed by atoms with Gasteiger partial charge >= 0.3 is 0 Å². The van der Waals surface area contributed by atoms with Gasteiger partial charge in [0, 0.05) is 12.6 Å². The second kappa shape index (κ2) is 6.12. The third kappa shape index (κ3) is 3.74. The van der Waals surface area contributed by atoms with E-state index in [1.807, 2.05) is 25.9 Å². The number of nitrogens with zero attached hydrogens (tertiary/aromatic N) is 3. The molecule has 1 aromatic heterocycles. The first kappa shape index (κ1) is 14.0. The van der Waals surface area contributed by atoms with Gasteiger partial charge in [-0.1, -0.05) is 5.16 Å². The Kier molecular flexibility index (Phi) is 4.49. The van der Waals surface area contributed by atoms with Crippen molar-refractivity contribution in [2.75, 3.05) is 27.2 Å². The molecule has 1 amide bonds. The fourth-order valence-electron chi connectivity index (χ4n) is 2.25. The smallest absolute Gasteiger partial charge is 0.292 e. The molecule has 106 valence electrons. The van der Waals surface area contributed by atoms with E-state index < -0.39 is 0 Å². The van der Waals surface area contributed by atoms with Gasteiger partial charge in [0.25, 0.3) is 11.7 Å². The lowest BCUT2D eigenvalue weighted by atomic mass is 10.2. The normalized spacial score (nSPS) is 20.7. The van der Waals surface area contributed by atoms with Crippen molar-refractivity contribution < 1.29 is 9.32 Å². The van der Waals surface area contributed by atoms with Crippen LogP contribution in [0.4, 0.5) is 0 Å². The van der Waals surface area contributed by atoms with E-state index in [4.69, 9.17) is 4.52 Å². The quantitative estimate of drug-likeness (QED) is 0.791. The van der Waals surface area contributed by atoms with Gasteiger partial charge < -0.3 is 20.1 Å². The van der Waals surface area contributed by atoms with Crippen LogP contribution < -0.4 is 10.6 Å². The highest BCUT2D eigenvalue weighted by atomic mass is 16.5. The van der Waals surface area contributed by atoms with Crippen LogP contribution >= 0.6 is 0 Å². The molecular formula is C12H21N5O2. The Hall–Kier alpha value is -1.47. The molecule has 2 unspecified atom stereocenters. The predicted molar refractivity (Wildman–Crippen MR) is 69.8 cm³/mol. The van der Waals surface area contributed by atoms with Crippen LogP contribution in [0.5, 0.6) is 0 Å². The van der Waals surface area contributed by atoms with Crippen LogP contribution in [0.15, 0.2) is 4.52 Å². The fourth-order valence-corrected chi connectivity index (χ4v) is 2.25. The van der Waals surface area contributed by atoms with Gasteiger partial charge in [-0.3, -0.25) is 4.79 Å². The highest BCUT2D eigenvalue weighted by molar-refractivity contribution is 5.90. The monoisotopic (exact) mass is 267 g/mol. The van der Waals surface area contributed by atoms with E-state index in [0.717, 1.165) is 25.9 Å². The topological polar surface area (TPSA) is 83.3 Å². The molecule has 7 heteroatoms. The van der Waals surface area contributed by atoms with Crippen LogP contribution in [0.3, 0.4) is 0 Å². The molecule has 1 aromatic rings. The lowest BCUT2D eigenvalue weighted by molar-refractivity contribution is 0.0921. The maximum Gasteiger partial charge on any atom is 0.292 e. The molecule has 2 N–H and O–H groups in total. The molecule has 2 heterocycles. The molecule has 2 atom stereocenters. The van der Waals surface area contributed by atoms with Gasteiger partial charge in [-0.2, -0.15) is 4.98 Å². The van der Waals surface area contributed by atoms with Crippen LogP contribution in [-0.2, 0) is 0 Å². The average Bonchev–Trinajstić information content (AvgIpc) is 2.99. The summed E-state index contributed by atoms with van der Waals surface area (Å²) in [6.45, 7) is 3.66. The summed E-state index contributed by atoms with van der Waals surface area (Å²) in [7, 11) is 3.92. The minimum absolute atomic E-state index is 0.0362. The van der Waals surface area contributed by atoms with E-state index in [2.05, 4.69) is 20.8 Å². The van der Waals surface area contributed by atoms with Crippen molar-refractivity contribution in [1.82, 2.24) is 25.7 Å². The van der Waals surface area contributed by atoms with Crippen molar-refractivity contribution >= 4 is 5.91 Å². The zero-order valence-corrected chi connectivity index (χ0v) is 11.6. The van der Waals surface area contributed by atoms with Crippen molar-refractivity contribution in [3.8, 4) is 0 Å². The number of likely N-dealkylation sites (N-methyl/N-ethyl adjacent to an activating group) is 1. The van der Waals surface area contributed by atoms with Gasteiger partial charge in [-0.15, -0.1) is 0 Å². The molecule has 19 heavy (non-hydrogen) atoms. The number of rotatable bonds is 5. The third-order valence-electron chi connectivity index (χ3n) is 3.02. The van der Waals surface area contributed by atoms with Crippen LogP contribution in [0.25, 0.3) is 0 Å². The average molecular weight is 267 g/mol. The standard InChI is InChI=1S/C12H21N5O2/c1-8(7-17(2)3)14-11(18)10-15-12(19-16-10)9-5-4-6-13-9/h8-9,13H,4-7H2,1-3H3,(H,14,18). The molecule has 1 fully saturated rings. The molecule has 1 aliphatic heterocycles. The third-order valence-corrected chi connectivity index (χ3v) is 3.02. The number of carbonyl (C=O) groups is 1. The molecule has 0 saturated carbocycles. The van der Waals surface area contributed by atoms with Gasteiger partial charge in [-0.25, -0.2) is 0 Å². The number of nitrogens with one attached hydrogen (secondary N) is 2. The molecule has 1 saturated heterocycles. The first-order valence-electron chi connectivity index (χ1n) is 6.59. The van der Waals surface area contributed by atoms with E-state index in [0.29, 0.717) is 5.89 Å². The molecule has 0 bridgehead atoms. The van der Waals surface area contributed by atoms with Gasteiger partial charge in [0.1, 0.15) is 0 Å². The summed E-state index contributed by atoms with van der Waals surface area (Å²) in [4.78, 5) is 18.1. The van der Waals surface area contributed by atoms with Crippen LogP contribution in [0.1, 0.15) is 42.3 Å². The summed E-state index contributed by atoms with van der Waals surface area (Å²) in [5.41, 5.74) is 0. The molecule has 2 rings (SSSR count). The SMILES string of the molecule is CC(CN(C)C)NC(=O)c1noc(C2CCCN2)n1. The zero-order valence-electron chi connectivity index (χ0n) is 11.6. The Morgan fingerprint density at radius 1 is 1.63 bits per heavy atom. The van der Waals surface area contributed by atoms with E-state index >= 15 is 0 Å². The molecule has 0 aliphatic carbocycles. The number of hydrogen-bond acceptors (Lipinski definition) is 6. The molecule has 0 radical (unpaired) electrons. The highest BCUT2D eigenvalue weighted by Gasteiger charge is 2.24. The van der Waals surface area contributed by atoms with Gasteiger partial charge in [0.05, 0.1) is 6.04 Å². The first-order chi connectivity index (χ1) is 9.06. The number of amides is 1. The van der Waals surface area contributed by atoms with Gasteiger partial charge in [0.15, 0.2) is 0 Å². The largest absolute Gasteiger partial charge is 0.345 e. The maximum absolute atomic E-state index is 11.9. The predicted octanol–water partition coefficient (Wildman–Crippen LogP) is 0.174. The summed E-state index contributed by atoms with van der Waals surface area (Å²) in [5.74, 6) is 0.319. The molecule has 7 nitrogen and oxygen atoms in total. The molecule has 1 aliphatic rings. The first-order valence-corrected chi connectivity index (χ1v) is 6.59. The zero-order chi connectivity index (χ0) is 13.8.